The Bertz CT molecular complexity index is 488. The Labute approximate surface area is 116 Å². The van der Waals surface area contributed by atoms with Crippen LogP contribution in [-0.2, 0) is 6.42 Å². The third kappa shape index (κ3) is 3.48. The second-order valence-corrected chi connectivity index (χ2v) is 5.48. The molecule has 4 N–H and O–H groups in total. The lowest BCUT2D eigenvalue weighted by atomic mass is 9.82. The zero-order valence-corrected chi connectivity index (χ0v) is 11.7. The van der Waals surface area contributed by atoms with Crippen molar-refractivity contribution in [3.63, 3.8) is 0 Å². The predicted molar refractivity (Wildman–Crippen MR) is 83.7 cm³/mol. The van der Waals surface area contributed by atoms with Gasteiger partial charge in [0.2, 0.25) is 0 Å². The van der Waals surface area contributed by atoms with Crippen molar-refractivity contribution < 1.29 is 0 Å². The maximum absolute atomic E-state index is 5.96. The zero-order valence-electron chi connectivity index (χ0n) is 11.7. The van der Waals surface area contributed by atoms with E-state index in [1.54, 1.807) is 0 Å². The van der Waals surface area contributed by atoms with Crippen LogP contribution < -0.4 is 11.5 Å². The average Bonchev–Trinajstić information content (AvgIpc) is 2.39. The van der Waals surface area contributed by atoms with E-state index in [1.165, 1.54) is 16.7 Å². The molecule has 0 radical (unpaired) electrons. The van der Waals surface area contributed by atoms with Crippen LogP contribution in [0.1, 0.15) is 37.3 Å². The first-order valence-electron chi connectivity index (χ1n) is 7.10. The lowest BCUT2D eigenvalue weighted by Gasteiger charge is -2.26. The Kier molecular flexibility index (Phi) is 4.43. The Morgan fingerprint density at radius 1 is 1.37 bits per heavy atom. The van der Waals surface area contributed by atoms with E-state index in [0.717, 1.165) is 31.4 Å². The van der Waals surface area contributed by atoms with Crippen molar-refractivity contribution in [1.82, 2.24) is 0 Å². The largest absolute Gasteiger partial charge is 0.399 e. The van der Waals surface area contributed by atoms with Crippen molar-refractivity contribution in [2.24, 2.45) is 11.7 Å². The van der Waals surface area contributed by atoms with Gasteiger partial charge in [0.05, 0.1) is 0 Å². The van der Waals surface area contributed by atoms with Crippen LogP contribution in [0.5, 0.6) is 0 Å². The van der Waals surface area contributed by atoms with E-state index in [2.05, 4.69) is 37.8 Å². The summed E-state index contributed by atoms with van der Waals surface area (Å²) in [4.78, 5) is 0. The Hall–Kier alpha value is -1.54. The smallest absolute Gasteiger partial charge is 0.0317 e. The minimum atomic E-state index is 0.305. The molecule has 1 aliphatic rings. The second-order valence-electron chi connectivity index (χ2n) is 5.48. The number of hydrogen-bond acceptors (Lipinski definition) is 2. The van der Waals surface area contributed by atoms with Crippen molar-refractivity contribution in [2.45, 2.75) is 38.6 Å². The fourth-order valence-electron chi connectivity index (χ4n) is 2.73. The Morgan fingerprint density at radius 2 is 2.16 bits per heavy atom. The highest BCUT2D eigenvalue weighted by atomic mass is 14.6. The highest BCUT2D eigenvalue weighted by Crippen LogP contribution is 2.29. The molecule has 0 amide bonds. The van der Waals surface area contributed by atoms with Crippen molar-refractivity contribution in [1.29, 1.82) is 0 Å². The second kappa shape index (κ2) is 6.07. The van der Waals surface area contributed by atoms with Gasteiger partial charge in [-0.15, -0.1) is 0 Å². The summed E-state index contributed by atoms with van der Waals surface area (Å²) in [6, 6.07) is 6.43. The van der Waals surface area contributed by atoms with Crippen LogP contribution in [0, 0.1) is 5.92 Å². The molecular weight excluding hydrogens is 232 g/mol. The van der Waals surface area contributed by atoms with Gasteiger partial charge in [-0.25, -0.2) is 0 Å². The quantitative estimate of drug-likeness (QED) is 0.642. The summed E-state index contributed by atoms with van der Waals surface area (Å²) in [6.45, 7) is 6.32. The van der Waals surface area contributed by atoms with Gasteiger partial charge in [0.25, 0.3) is 0 Å². The third-order valence-electron chi connectivity index (χ3n) is 3.95. The molecule has 0 bridgehead atoms. The number of allylic oxidation sites excluding steroid dienone is 1. The molecule has 1 aromatic carbocycles. The van der Waals surface area contributed by atoms with E-state index in [9.17, 15) is 0 Å². The molecule has 1 saturated carbocycles. The molecule has 1 aromatic rings. The molecular formula is C17H24N2. The molecule has 2 unspecified atom stereocenters. The molecule has 2 heteroatoms. The highest BCUT2D eigenvalue weighted by Gasteiger charge is 2.19. The van der Waals surface area contributed by atoms with Crippen LogP contribution in [0.3, 0.4) is 0 Å². The average molecular weight is 256 g/mol. The lowest BCUT2D eigenvalue weighted by Crippen LogP contribution is -2.27. The van der Waals surface area contributed by atoms with Gasteiger partial charge in [0.15, 0.2) is 0 Å². The van der Waals surface area contributed by atoms with Crippen molar-refractivity contribution >= 4 is 11.8 Å². The van der Waals surface area contributed by atoms with Crippen LogP contribution in [-0.4, -0.2) is 6.04 Å². The van der Waals surface area contributed by atoms with Crippen molar-refractivity contribution in [3.8, 4) is 0 Å². The molecule has 0 heterocycles. The maximum atomic E-state index is 5.96. The molecule has 0 saturated heterocycles. The number of nitrogens with two attached hydrogens (primary N) is 2. The first kappa shape index (κ1) is 13.9. The molecule has 102 valence electrons. The monoisotopic (exact) mass is 256 g/mol. The maximum Gasteiger partial charge on any atom is 0.0317 e. The van der Waals surface area contributed by atoms with Crippen LogP contribution in [0.2, 0.25) is 0 Å². The molecule has 0 aromatic heterocycles. The van der Waals surface area contributed by atoms with Gasteiger partial charge in [0, 0.05) is 11.7 Å². The SMILES string of the molecule is C=C1CC(N)CCC1/C=C/c1ccc(N)cc1CC. The number of benzene rings is 1. The number of hydrogen-bond donors (Lipinski definition) is 2. The summed E-state index contributed by atoms with van der Waals surface area (Å²) >= 11 is 0. The number of nitrogen functional groups attached to an aromatic ring is 1. The molecule has 1 aliphatic carbocycles. The van der Waals surface area contributed by atoms with Gasteiger partial charge in [0.1, 0.15) is 0 Å². The van der Waals surface area contributed by atoms with E-state index >= 15 is 0 Å². The number of rotatable bonds is 3. The molecule has 1 fully saturated rings. The Morgan fingerprint density at radius 3 is 2.84 bits per heavy atom. The summed E-state index contributed by atoms with van der Waals surface area (Å²) in [5.41, 5.74) is 16.5. The van der Waals surface area contributed by atoms with Gasteiger partial charge in [-0.1, -0.05) is 37.3 Å². The van der Waals surface area contributed by atoms with E-state index in [1.807, 2.05) is 6.07 Å². The van der Waals surface area contributed by atoms with E-state index in [-0.39, 0.29) is 0 Å². The first-order chi connectivity index (χ1) is 9.10. The minimum absolute atomic E-state index is 0.305. The fraction of sp³-hybridized carbons (Fsp3) is 0.412. The van der Waals surface area contributed by atoms with E-state index in [0.29, 0.717) is 12.0 Å². The minimum Gasteiger partial charge on any atom is -0.399 e. The molecule has 2 rings (SSSR count). The van der Waals surface area contributed by atoms with Gasteiger partial charge in [-0.3, -0.25) is 0 Å². The summed E-state index contributed by atoms with van der Waals surface area (Å²) in [7, 11) is 0. The van der Waals surface area contributed by atoms with E-state index < -0.39 is 0 Å². The van der Waals surface area contributed by atoms with Crippen LogP contribution in [0.25, 0.3) is 6.08 Å². The van der Waals surface area contributed by atoms with Crippen molar-refractivity contribution in [2.75, 3.05) is 5.73 Å². The third-order valence-corrected chi connectivity index (χ3v) is 3.95. The van der Waals surface area contributed by atoms with Gasteiger partial charge in [-0.2, -0.15) is 0 Å². The normalized spacial score (nSPS) is 24.0. The van der Waals surface area contributed by atoms with Crippen molar-refractivity contribution in [3.05, 3.63) is 47.6 Å². The summed E-state index contributed by atoms with van der Waals surface area (Å²) in [5, 5.41) is 0. The van der Waals surface area contributed by atoms with Crippen LogP contribution in [0.15, 0.2) is 36.4 Å². The van der Waals surface area contributed by atoms with Gasteiger partial charge < -0.3 is 11.5 Å². The summed E-state index contributed by atoms with van der Waals surface area (Å²) < 4.78 is 0. The number of anilines is 1. The zero-order chi connectivity index (χ0) is 13.8. The number of aryl methyl sites for hydroxylation is 1. The molecule has 0 spiro atoms. The van der Waals surface area contributed by atoms with Crippen LogP contribution in [0.4, 0.5) is 5.69 Å². The topological polar surface area (TPSA) is 52.0 Å². The van der Waals surface area contributed by atoms with E-state index in [4.69, 9.17) is 11.5 Å². The summed E-state index contributed by atoms with van der Waals surface area (Å²) in [5.74, 6) is 0.474. The van der Waals surface area contributed by atoms with Crippen LogP contribution >= 0.6 is 0 Å². The standard InChI is InChI=1S/C17H24N2/c1-3-13-11-17(19)9-7-15(13)5-4-14-6-8-16(18)10-12(14)2/h4-5,7,9,11,14,16H,2-3,6,8,10,18-19H2,1H3/b5-4+. The molecule has 2 atom stereocenters. The summed E-state index contributed by atoms with van der Waals surface area (Å²) in [6.07, 6.45) is 8.66. The lowest BCUT2D eigenvalue weighted by molar-refractivity contribution is 0.463. The molecule has 2 nitrogen and oxygen atoms in total. The predicted octanol–water partition coefficient (Wildman–Crippen LogP) is 3.53. The first-order valence-corrected chi connectivity index (χ1v) is 7.10. The molecule has 19 heavy (non-hydrogen) atoms. The highest BCUT2D eigenvalue weighted by molar-refractivity contribution is 5.59. The van der Waals surface area contributed by atoms with Gasteiger partial charge in [-0.05, 0) is 54.9 Å². The Balaban J connectivity index is 2.12. The molecule has 0 aliphatic heterocycles. The fourth-order valence-corrected chi connectivity index (χ4v) is 2.73. The van der Waals surface area contributed by atoms with Gasteiger partial charge >= 0.3 is 0 Å².